The van der Waals surface area contributed by atoms with Crippen LogP contribution in [0.4, 0.5) is 43.9 Å². The third kappa shape index (κ3) is 5.55. The Balaban J connectivity index is 2.21. The van der Waals surface area contributed by atoms with Gasteiger partial charge in [-0.2, -0.15) is 21.0 Å². The van der Waals surface area contributed by atoms with E-state index in [2.05, 4.69) is 0 Å². The van der Waals surface area contributed by atoms with E-state index < -0.39 is 102 Å². The van der Waals surface area contributed by atoms with E-state index in [-0.39, 0.29) is 22.3 Å². The Morgan fingerprint density at radius 2 is 0.700 bits per heavy atom. The highest BCUT2D eigenvalue weighted by Gasteiger charge is 2.31. The number of nitrogens with zero attached hydrogens (tertiary/aromatic N) is 4. The number of hydrogen-bond donors (Lipinski definition) is 0. The topological polar surface area (TPSA) is 95.2 Å². The Morgan fingerprint density at radius 1 is 0.400 bits per heavy atom. The van der Waals surface area contributed by atoms with Gasteiger partial charge in [0.25, 0.3) is 0 Å². The second-order valence-electron chi connectivity index (χ2n) is 10.2. The van der Waals surface area contributed by atoms with Crippen molar-refractivity contribution in [2.24, 2.45) is 0 Å². The van der Waals surface area contributed by atoms with Crippen LogP contribution in [-0.4, -0.2) is 0 Å². The Hall–Kier alpha value is -6.90. The lowest BCUT2D eigenvalue weighted by Crippen LogP contribution is -2.23. The van der Waals surface area contributed by atoms with E-state index in [1.165, 1.54) is 24.3 Å². The van der Waals surface area contributed by atoms with E-state index in [0.29, 0.717) is 12.1 Å². The second-order valence-corrected chi connectivity index (χ2v) is 10.2. The maximum atomic E-state index is 15.5. The van der Waals surface area contributed by atoms with Gasteiger partial charge in [-0.1, -0.05) is 24.3 Å². The molecule has 0 atom stereocenters. The summed E-state index contributed by atoms with van der Waals surface area (Å²) in [5, 5.41) is 37.5. The molecule has 5 aromatic rings. The Kier molecular flexibility index (Phi) is 9.17. The molecule has 50 heavy (non-hydrogen) atoms. The summed E-state index contributed by atoms with van der Waals surface area (Å²) in [7, 11) is 0. The Labute approximate surface area is 274 Å². The maximum absolute atomic E-state index is 15.5. The summed E-state index contributed by atoms with van der Waals surface area (Å²) in [5.74, 6) is -24.8. The molecule has 0 aliphatic carbocycles. The third-order valence-electron chi connectivity index (χ3n) is 7.44. The van der Waals surface area contributed by atoms with Crippen molar-refractivity contribution >= 4 is 11.1 Å². The fraction of sp³-hybridized carbons (Fsp3) is 0. The van der Waals surface area contributed by atoms with Gasteiger partial charge in [0.05, 0.1) is 45.5 Å². The van der Waals surface area contributed by atoms with Crippen LogP contribution in [0.1, 0.15) is 22.3 Å². The summed E-state index contributed by atoms with van der Waals surface area (Å²) >= 11 is 0. The van der Waals surface area contributed by atoms with Crippen molar-refractivity contribution in [1.82, 2.24) is 0 Å². The van der Waals surface area contributed by atoms with Crippen molar-refractivity contribution in [2.45, 2.75) is 0 Å². The summed E-state index contributed by atoms with van der Waals surface area (Å²) in [6.07, 6.45) is 0. The van der Waals surface area contributed by atoms with E-state index in [0.717, 1.165) is 24.3 Å². The lowest BCUT2D eigenvalue weighted by Gasteiger charge is -2.16. The molecule has 0 spiro atoms. The third-order valence-corrected chi connectivity index (χ3v) is 7.44. The molecule has 0 unspecified atom stereocenters. The highest BCUT2D eigenvalue weighted by atomic mass is 19.2. The SMILES string of the molecule is N#C/C(c1cccc(C#N)c1)=c1/cc(-c2c(F)c(F)c(F)c(F)c2F)/c(=C(\C#N)c2cccc(C#N)c2)cc1-c1c(F)c(F)c(F)c(F)c1F. The monoisotopic (exact) mass is 688 g/mol. The van der Waals surface area contributed by atoms with Crippen molar-refractivity contribution in [3.05, 3.63) is 152 Å². The van der Waals surface area contributed by atoms with Crippen LogP contribution in [0.15, 0.2) is 60.7 Å². The van der Waals surface area contributed by atoms with Crippen LogP contribution in [0.3, 0.4) is 0 Å². The van der Waals surface area contributed by atoms with Crippen LogP contribution < -0.4 is 10.4 Å². The van der Waals surface area contributed by atoms with E-state index >= 15 is 17.6 Å². The molecule has 5 rings (SSSR count). The summed E-state index contributed by atoms with van der Waals surface area (Å²) in [5.41, 5.74) is -7.72. The fourth-order valence-electron chi connectivity index (χ4n) is 5.16. The van der Waals surface area contributed by atoms with Gasteiger partial charge < -0.3 is 0 Å². The molecule has 0 aliphatic rings. The molecule has 4 nitrogen and oxygen atoms in total. The van der Waals surface area contributed by atoms with Crippen LogP contribution in [0.5, 0.6) is 0 Å². The van der Waals surface area contributed by atoms with Gasteiger partial charge in [-0.15, -0.1) is 0 Å². The first kappa shape index (κ1) is 34.4. The molecular formula is C36H10F10N4. The first-order valence-electron chi connectivity index (χ1n) is 13.6. The largest absolute Gasteiger partial charge is 0.203 e. The van der Waals surface area contributed by atoms with Crippen molar-refractivity contribution in [3.8, 4) is 46.5 Å². The number of rotatable bonds is 4. The molecule has 0 amide bonds. The highest BCUT2D eigenvalue weighted by molar-refractivity contribution is 5.87. The number of nitriles is 4. The predicted octanol–water partition coefficient (Wildman–Crippen LogP) is 7.60. The van der Waals surface area contributed by atoms with Gasteiger partial charge in [-0.25, -0.2) is 43.9 Å². The molecule has 0 N–H and O–H groups in total. The summed E-state index contributed by atoms with van der Waals surface area (Å²) in [6, 6.07) is 17.1. The van der Waals surface area contributed by atoms with Gasteiger partial charge in [-0.05, 0) is 58.7 Å². The normalized spacial score (nSPS) is 12.0. The van der Waals surface area contributed by atoms with Gasteiger partial charge >= 0.3 is 0 Å². The smallest absolute Gasteiger partial charge is 0.200 e. The van der Waals surface area contributed by atoms with Gasteiger partial charge in [0.2, 0.25) is 11.6 Å². The summed E-state index contributed by atoms with van der Waals surface area (Å²) in [4.78, 5) is 0. The van der Waals surface area contributed by atoms with Crippen molar-refractivity contribution < 1.29 is 43.9 Å². The molecule has 0 aliphatic heterocycles. The van der Waals surface area contributed by atoms with Crippen molar-refractivity contribution in [1.29, 1.82) is 21.0 Å². The average Bonchev–Trinajstić information content (AvgIpc) is 3.13. The van der Waals surface area contributed by atoms with Gasteiger partial charge in [0.1, 0.15) is 12.1 Å². The molecule has 0 saturated carbocycles. The number of benzene rings is 5. The molecule has 14 heteroatoms. The van der Waals surface area contributed by atoms with Crippen LogP contribution in [0.2, 0.25) is 0 Å². The zero-order valence-electron chi connectivity index (χ0n) is 24.3. The number of hydrogen-bond acceptors (Lipinski definition) is 4. The first-order valence-corrected chi connectivity index (χ1v) is 13.6. The molecule has 0 aromatic heterocycles. The van der Waals surface area contributed by atoms with E-state index in [1.807, 2.05) is 0 Å². The molecule has 0 bridgehead atoms. The van der Waals surface area contributed by atoms with Gasteiger partial charge in [-0.3, -0.25) is 0 Å². The quantitative estimate of drug-likeness (QED) is 0.110. The van der Waals surface area contributed by atoms with Crippen molar-refractivity contribution in [3.63, 3.8) is 0 Å². The minimum atomic E-state index is -2.58. The number of halogens is 10. The Morgan fingerprint density at radius 3 is 0.980 bits per heavy atom. The van der Waals surface area contributed by atoms with E-state index in [9.17, 15) is 47.4 Å². The van der Waals surface area contributed by atoms with Gasteiger partial charge in [0.15, 0.2) is 46.5 Å². The standard InChI is InChI=1S/C36H10F10N4/c37-27-25(28(38)32(42)35(45)31(27)41)21-10-20(24(14-50)18-6-2-4-16(8-18)12-48)22(26-29(39)33(43)36(46)34(44)30(26)40)9-19(21)23(13-49)17-5-1-3-15(7-17)11-47/h1-10H/b23-19+,24-20+. The van der Waals surface area contributed by atoms with Crippen LogP contribution in [0, 0.1) is 103 Å². The highest BCUT2D eigenvalue weighted by Crippen LogP contribution is 2.34. The molecule has 0 heterocycles. The second kappa shape index (κ2) is 13.3. The molecule has 0 radical (unpaired) electrons. The molecule has 244 valence electrons. The fourth-order valence-corrected chi connectivity index (χ4v) is 5.16. The molecule has 0 saturated heterocycles. The zero-order chi connectivity index (χ0) is 36.6. The first-order chi connectivity index (χ1) is 23.8. The van der Waals surface area contributed by atoms with E-state index in [4.69, 9.17) is 0 Å². The minimum Gasteiger partial charge on any atom is -0.203 e. The predicted molar refractivity (Wildman–Crippen MR) is 155 cm³/mol. The average molecular weight is 688 g/mol. The van der Waals surface area contributed by atoms with Crippen LogP contribution >= 0.6 is 0 Å². The summed E-state index contributed by atoms with van der Waals surface area (Å²) in [6.45, 7) is 0. The molecule has 0 fully saturated rings. The maximum Gasteiger partial charge on any atom is 0.200 e. The lowest BCUT2D eigenvalue weighted by molar-refractivity contribution is 0.381. The van der Waals surface area contributed by atoms with E-state index in [1.54, 1.807) is 24.3 Å². The van der Waals surface area contributed by atoms with Gasteiger partial charge in [0, 0.05) is 10.4 Å². The molecule has 5 aromatic carbocycles. The van der Waals surface area contributed by atoms with Crippen molar-refractivity contribution in [2.75, 3.05) is 0 Å². The zero-order valence-corrected chi connectivity index (χ0v) is 24.3. The summed E-state index contributed by atoms with van der Waals surface area (Å²) < 4.78 is 149. The molecular weight excluding hydrogens is 678 g/mol. The minimum absolute atomic E-state index is 0.109. The van der Waals surface area contributed by atoms with Crippen LogP contribution in [-0.2, 0) is 0 Å². The van der Waals surface area contributed by atoms with Crippen LogP contribution in [0.25, 0.3) is 33.4 Å². The lowest BCUT2D eigenvalue weighted by atomic mass is 9.88. The Bertz CT molecular complexity index is 2370.